The summed E-state index contributed by atoms with van der Waals surface area (Å²) in [5.41, 5.74) is 2.04. The summed E-state index contributed by atoms with van der Waals surface area (Å²) >= 11 is 6.54. The number of thiocarbonyl (C=S) groups is 1. The molecular formula is C24H30N2O4S2. The molecule has 0 N–H and O–H groups in total. The maximum absolute atomic E-state index is 13.4. The molecule has 2 aliphatic heterocycles. The van der Waals surface area contributed by atoms with Gasteiger partial charge < -0.3 is 9.64 Å². The van der Waals surface area contributed by atoms with Gasteiger partial charge in [0.05, 0.1) is 29.2 Å². The second kappa shape index (κ2) is 11.6. The first-order valence-corrected chi connectivity index (χ1v) is 12.6. The van der Waals surface area contributed by atoms with Crippen LogP contribution in [0.4, 0.5) is 5.69 Å². The third-order valence-electron chi connectivity index (χ3n) is 5.49. The van der Waals surface area contributed by atoms with Crippen LogP contribution in [-0.4, -0.2) is 46.7 Å². The van der Waals surface area contributed by atoms with Crippen LogP contribution in [0.25, 0.3) is 5.57 Å². The molecule has 0 bridgehead atoms. The highest BCUT2D eigenvalue weighted by molar-refractivity contribution is 8.26. The zero-order valence-corrected chi connectivity index (χ0v) is 20.4. The first-order chi connectivity index (χ1) is 15.5. The summed E-state index contributed by atoms with van der Waals surface area (Å²) in [6, 6.07) is 7.60. The minimum absolute atomic E-state index is 0.0729. The Morgan fingerprint density at radius 1 is 0.969 bits per heavy atom. The molecule has 0 saturated carbocycles. The number of carbonyl (C=O) groups excluding carboxylic acids is 3. The van der Waals surface area contributed by atoms with Crippen LogP contribution in [-0.2, 0) is 19.1 Å². The van der Waals surface area contributed by atoms with Gasteiger partial charge in [0.25, 0.3) is 11.8 Å². The maximum atomic E-state index is 13.4. The Balaban J connectivity index is 1.77. The van der Waals surface area contributed by atoms with Crippen molar-refractivity contribution in [3.8, 4) is 0 Å². The summed E-state index contributed by atoms with van der Waals surface area (Å²) in [4.78, 5) is 41.9. The topological polar surface area (TPSA) is 66.9 Å². The van der Waals surface area contributed by atoms with Gasteiger partial charge in [-0.1, -0.05) is 81.7 Å². The van der Waals surface area contributed by atoms with E-state index < -0.39 is 0 Å². The lowest BCUT2D eigenvalue weighted by atomic mass is 10.1. The summed E-state index contributed by atoms with van der Waals surface area (Å²) in [6.07, 6.45) is 6.35. The molecule has 1 fully saturated rings. The minimum atomic E-state index is -0.356. The van der Waals surface area contributed by atoms with Crippen LogP contribution >= 0.6 is 24.0 Å². The van der Waals surface area contributed by atoms with Gasteiger partial charge in [-0.15, -0.1) is 0 Å². The lowest BCUT2D eigenvalue weighted by Crippen LogP contribution is -2.31. The number of esters is 1. The van der Waals surface area contributed by atoms with Gasteiger partial charge in [-0.25, -0.2) is 0 Å². The average molecular weight is 475 g/mol. The van der Waals surface area contributed by atoms with E-state index in [1.807, 2.05) is 31.2 Å². The number of hydrogen-bond donors (Lipinski definition) is 0. The molecule has 8 heteroatoms. The molecule has 32 heavy (non-hydrogen) atoms. The Morgan fingerprint density at radius 2 is 1.72 bits per heavy atom. The number of unbranched alkanes of at least 4 members (excludes halogenated alkanes) is 4. The number of para-hydroxylation sites is 1. The van der Waals surface area contributed by atoms with E-state index in [1.165, 1.54) is 17.7 Å². The van der Waals surface area contributed by atoms with Gasteiger partial charge in [-0.3, -0.25) is 19.3 Å². The number of carbonyl (C=O) groups is 3. The first kappa shape index (κ1) is 24.5. The quantitative estimate of drug-likeness (QED) is 0.196. The third kappa shape index (κ3) is 5.41. The molecule has 2 amide bonds. The molecule has 3 rings (SSSR count). The van der Waals surface area contributed by atoms with Crippen molar-refractivity contribution >= 4 is 57.3 Å². The van der Waals surface area contributed by atoms with Crippen LogP contribution < -0.4 is 4.90 Å². The molecule has 0 aromatic heterocycles. The number of benzene rings is 1. The van der Waals surface area contributed by atoms with Crippen molar-refractivity contribution in [1.82, 2.24) is 4.90 Å². The number of ether oxygens (including phenoxy) is 1. The lowest BCUT2D eigenvalue weighted by molar-refractivity contribution is -0.144. The molecule has 0 aliphatic carbocycles. The number of amides is 2. The van der Waals surface area contributed by atoms with Crippen LogP contribution in [0.15, 0.2) is 29.2 Å². The van der Waals surface area contributed by atoms with Gasteiger partial charge in [0.1, 0.15) is 4.32 Å². The first-order valence-electron chi connectivity index (χ1n) is 11.3. The molecule has 1 aromatic carbocycles. The lowest BCUT2D eigenvalue weighted by Gasteiger charge is -2.17. The number of fused-ring (bicyclic) bond motifs is 1. The standard InChI is InChI=1S/C24H30N2O4S2/c1-3-5-6-7-10-14-25-18-12-9-8-11-17(18)20(22(25)28)21-23(29)26(24(31)32-21)15-13-19(27)30-16-4-2/h8-9,11-12H,3-7,10,13-16H2,1-2H3/b21-20-. The van der Waals surface area contributed by atoms with Crippen molar-refractivity contribution < 1.29 is 19.1 Å². The fourth-order valence-electron chi connectivity index (χ4n) is 3.83. The van der Waals surface area contributed by atoms with Crippen LogP contribution in [0, 0.1) is 0 Å². The molecule has 1 saturated heterocycles. The highest BCUT2D eigenvalue weighted by Crippen LogP contribution is 2.44. The molecule has 0 atom stereocenters. The van der Waals surface area contributed by atoms with E-state index in [0.29, 0.717) is 28.0 Å². The zero-order valence-electron chi connectivity index (χ0n) is 18.7. The number of thioether (sulfide) groups is 1. The van der Waals surface area contributed by atoms with E-state index in [-0.39, 0.29) is 30.7 Å². The van der Waals surface area contributed by atoms with Gasteiger partial charge >= 0.3 is 5.97 Å². The molecule has 6 nitrogen and oxygen atoms in total. The highest BCUT2D eigenvalue weighted by Gasteiger charge is 2.41. The predicted octanol–water partition coefficient (Wildman–Crippen LogP) is 4.92. The van der Waals surface area contributed by atoms with Gasteiger partial charge in [0.2, 0.25) is 0 Å². The Labute approximate surface area is 199 Å². The summed E-state index contributed by atoms with van der Waals surface area (Å²) < 4.78 is 5.45. The van der Waals surface area contributed by atoms with E-state index in [9.17, 15) is 14.4 Å². The zero-order chi connectivity index (χ0) is 23.1. The molecule has 0 radical (unpaired) electrons. The second-order valence-electron chi connectivity index (χ2n) is 7.89. The predicted molar refractivity (Wildman–Crippen MR) is 132 cm³/mol. The Kier molecular flexibility index (Phi) is 8.87. The van der Waals surface area contributed by atoms with Gasteiger partial charge in [0, 0.05) is 18.7 Å². The van der Waals surface area contributed by atoms with Gasteiger partial charge in [-0.2, -0.15) is 0 Å². The second-order valence-corrected chi connectivity index (χ2v) is 9.53. The number of anilines is 1. The summed E-state index contributed by atoms with van der Waals surface area (Å²) in [7, 11) is 0. The minimum Gasteiger partial charge on any atom is -0.466 e. The van der Waals surface area contributed by atoms with E-state index in [2.05, 4.69) is 6.92 Å². The average Bonchev–Trinajstić information content (AvgIpc) is 3.22. The van der Waals surface area contributed by atoms with Crippen molar-refractivity contribution in [3.05, 3.63) is 34.7 Å². The van der Waals surface area contributed by atoms with Crippen LogP contribution in [0.1, 0.15) is 64.4 Å². The fourth-order valence-corrected chi connectivity index (χ4v) is 5.21. The number of hydrogen-bond acceptors (Lipinski definition) is 6. The number of rotatable bonds is 11. The van der Waals surface area contributed by atoms with Gasteiger partial charge in [0.15, 0.2) is 0 Å². The van der Waals surface area contributed by atoms with Crippen LogP contribution in [0.5, 0.6) is 0 Å². The number of nitrogens with zero attached hydrogens (tertiary/aromatic N) is 2. The summed E-state index contributed by atoms with van der Waals surface area (Å²) in [6.45, 7) is 5.25. The SMILES string of the molecule is CCCCCCCN1C(=O)/C(=C2\SC(=S)N(CCC(=O)OCCC)C2=O)c2ccccc21. The molecule has 2 heterocycles. The Hall–Kier alpha value is -2.19. The van der Waals surface area contributed by atoms with Crippen molar-refractivity contribution in [2.75, 3.05) is 24.6 Å². The Morgan fingerprint density at radius 3 is 2.47 bits per heavy atom. The smallest absolute Gasteiger partial charge is 0.307 e. The van der Waals surface area contributed by atoms with Crippen LogP contribution in [0.3, 0.4) is 0 Å². The van der Waals surface area contributed by atoms with Crippen molar-refractivity contribution in [2.24, 2.45) is 0 Å². The monoisotopic (exact) mass is 474 g/mol. The molecule has 2 aliphatic rings. The van der Waals surface area contributed by atoms with Crippen molar-refractivity contribution in [2.45, 2.75) is 58.8 Å². The normalized spacial score (nSPS) is 18.0. The molecule has 172 valence electrons. The summed E-state index contributed by atoms with van der Waals surface area (Å²) in [5.74, 6) is -0.819. The van der Waals surface area contributed by atoms with E-state index in [4.69, 9.17) is 17.0 Å². The van der Waals surface area contributed by atoms with Crippen molar-refractivity contribution in [1.29, 1.82) is 0 Å². The maximum Gasteiger partial charge on any atom is 0.307 e. The molecule has 1 aromatic rings. The van der Waals surface area contributed by atoms with E-state index >= 15 is 0 Å². The van der Waals surface area contributed by atoms with Crippen LogP contribution in [0.2, 0.25) is 0 Å². The highest BCUT2D eigenvalue weighted by atomic mass is 32.2. The third-order valence-corrected chi connectivity index (χ3v) is 6.94. The van der Waals surface area contributed by atoms with E-state index in [0.717, 1.165) is 48.7 Å². The molecular weight excluding hydrogens is 444 g/mol. The molecule has 0 unspecified atom stereocenters. The molecule has 0 spiro atoms. The van der Waals surface area contributed by atoms with Gasteiger partial charge in [-0.05, 0) is 18.9 Å². The Bertz CT molecular complexity index is 928. The summed E-state index contributed by atoms with van der Waals surface area (Å²) in [5, 5.41) is 0. The largest absolute Gasteiger partial charge is 0.466 e. The fraction of sp³-hybridized carbons (Fsp3) is 0.500. The van der Waals surface area contributed by atoms with E-state index in [1.54, 1.807) is 4.90 Å². The van der Waals surface area contributed by atoms with Crippen molar-refractivity contribution in [3.63, 3.8) is 0 Å².